The smallest absolute Gasteiger partial charge is 0.210 e. The number of carbonyl (C=O) groups excluding carboxylic acids is 1. The molecule has 18 heavy (non-hydrogen) atoms. The lowest BCUT2D eigenvalue weighted by Gasteiger charge is -2.18. The maximum absolute atomic E-state index is 11.1. The second-order valence-electron chi connectivity index (χ2n) is 4.09. The number of hydrogen-bond donors (Lipinski definition) is 0. The first-order chi connectivity index (χ1) is 8.79. The minimum absolute atomic E-state index is 0.526. The summed E-state index contributed by atoms with van der Waals surface area (Å²) in [5, 5.41) is 0.692. The minimum atomic E-state index is 0.526. The summed E-state index contributed by atoms with van der Waals surface area (Å²) in [4.78, 5) is 12.8. The van der Waals surface area contributed by atoms with E-state index in [4.69, 9.17) is 11.6 Å². The molecule has 92 valence electrons. The average molecular weight is 260 g/mol. The van der Waals surface area contributed by atoms with Crippen LogP contribution in [0.15, 0.2) is 54.6 Å². The highest BCUT2D eigenvalue weighted by Gasteiger charge is 2.06. The first-order valence-corrected chi connectivity index (χ1v) is 6.14. The lowest BCUT2D eigenvalue weighted by atomic mass is 10.2. The summed E-state index contributed by atoms with van der Waals surface area (Å²) in [6.07, 6.45) is 0.857. The zero-order chi connectivity index (χ0) is 12.8. The Hall–Kier alpha value is -1.80. The molecule has 2 aromatic rings. The van der Waals surface area contributed by atoms with E-state index in [1.54, 1.807) is 4.90 Å². The Labute approximate surface area is 112 Å². The predicted molar refractivity (Wildman–Crippen MR) is 73.2 cm³/mol. The average Bonchev–Trinajstić information content (AvgIpc) is 2.41. The summed E-state index contributed by atoms with van der Waals surface area (Å²) in [7, 11) is 0. The molecule has 0 aliphatic heterocycles. The van der Waals surface area contributed by atoms with E-state index in [0.29, 0.717) is 18.1 Å². The van der Waals surface area contributed by atoms with Crippen LogP contribution in [0.25, 0.3) is 0 Å². The van der Waals surface area contributed by atoms with Gasteiger partial charge >= 0.3 is 0 Å². The van der Waals surface area contributed by atoms with Crippen molar-refractivity contribution in [2.75, 3.05) is 0 Å². The highest BCUT2D eigenvalue weighted by atomic mass is 35.5. The Morgan fingerprint density at radius 1 is 0.944 bits per heavy atom. The normalized spacial score (nSPS) is 10.1. The van der Waals surface area contributed by atoms with E-state index in [-0.39, 0.29) is 0 Å². The molecule has 0 heterocycles. The molecule has 0 atom stereocenters. The Morgan fingerprint density at radius 2 is 1.61 bits per heavy atom. The van der Waals surface area contributed by atoms with E-state index in [1.165, 1.54) is 0 Å². The molecule has 3 heteroatoms. The van der Waals surface area contributed by atoms with Crippen LogP contribution in [0.2, 0.25) is 5.02 Å². The van der Waals surface area contributed by atoms with Crippen LogP contribution in [0.4, 0.5) is 0 Å². The third-order valence-corrected chi connectivity index (χ3v) is 3.08. The van der Waals surface area contributed by atoms with Crippen LogP contribution in [0, 0.1) is 0 Å². The number of hydrogen-bond acceptors (Lipinski definition) is 1. The van der Waals surface area contributed by atoms with Crippen LogP contribution in [-0.2, 0) is 17.9 Å². The number of rotatable bonds is 5. The monoisotopic (exact) mass is 259 g/mol. The standard InChI is InChI=1S/C15H14ClNO/c16-15-9-5-4-8-14(15)11-17(12-18)10-13-6-2-1-3-7-13/h1-9,12H,10-11H2. The number of benzene rings is 2. The molecule has 0 N–H and O–H groups in total. The molecule has 2 nitrogen and oxygen atoms in total. The van der Waals surface area contributed by atoms with Gasteiger partial charge in [0.1, 0.15) is 0 Å². The first-order valence-electron chi connectivity index (χ1n) is 5.76. The number of amides is 1. The van der Waals surface area contributed by atoms with Crippen LogP contribution in [0.3, 0.4) is 0 Å². The van der Waals surface area contributed by atoms with Crippen molar-refractivity contribution in [3.8, 4) is 0 Å². The van der Waals surface area contributed by atoms with Gasteiger partial charge in [0.15, 0.2) is 0 Å². The zero-order valence-corrected chi connectivity index (χ0v) is 10.7. The SMILES string of the molecule is O=CN(Cc1ccccc1)Cc1ccccc1Cl. The Balaban J connectivity index is 2.07. The van der Waals surface area contributed by atoms with E-state index in [0.717, 1.165) is 17.5 Å². The van der Waals surface area contributed by atoms with Crippen molar-refractivity contribution in [3.05, 3.63) is 70.7 Å². The van der Waals surface area contributed by atoms with E-state index in [2.05, 4.69) is 0 Å². The quantitative estimate of drug-likeness (QED) is 0.753. The summed E-state index contributed by atoms with van der Waals surface area (Å²) in [6.45, 7) is 1.12. The molecule has 1 amide bonds. The van der Waals surface area contributed by atoms with Gasteiger partial charge in [-0.25, -0.2) is 0 Å². The molecule has 2 rings (SSSR count). The molecular formula is C15H14ClNO. The molecule has 0 aliphatic carbocycles. The first kappa shape index (κ1) is 12.7. The van der Waals surface area contributed by atoms with Crippen molar-refractivity contribution in [2.24, 2.45) is 0 Å². The van der Waals surface area contributed by atoms with Gasteiger partial charge in [-0.3, -0.25) is 4.79 Å². The molecule has 0 spiro atoms. The van der Waals surface area contributed by atoms with Gasteiger partial charge in [-0.05, 0) is 17.2 Å². The molecule has 0 aromatic heterocycles. The molecule has 0 bridgehead atoms. The lowest BCUT2D eigenvalue weighted by Crippen LogP contribution is -2.20. The molecule has 0 saturated carbocycles. The van der Waals surface area contributed by atoms with E-state index in [9.17, 15) is 4.79 Å². The molecule has 0 aliphatic rings. The maximum Gasteiger partial charge on any atom is 0.210 e. The summed E-state index contributed by atoms with van der Waals surface area (Å²) < 4.78 is 0. The molecule has 0 radical (unpaired) electrons. The topological polar surface area (TPSA) is 20.3 Å². The summed E-state index contributed by atoms with van der Waals surface area (Å²) in [6, 6.07) is 17.5. The van der Waals surface area contributed by atoms with Crippen molar-refractivity contribution >= 4 is 18.0 Å². The molecule has 0 unspecified atom stereocenters. The van der Waals surface area contributed by atoms with Crippen molar-refractivity contribution in [1.82, 2.24) is 4.90 Å². The number of halogens is 1. The van der Waals surface area contributed by atoms with Crippen LogP contribution in [-0.4, -0.2) is 11.3 Å². The second kappa shape index (κ2) is 6.22. The summed E-state index contributed by atoms with van der Waals surface area (Å²) >= 11 is 6.09. The second-order valence-corrected chi connectivity index (χ2v) is 4.49. The molecular weight excluding hydrogens is 246 g/mol. The molecule has 0 fully saturated rings. The van der Waals surface area contributed by atoms with Crippen LogP contribution in [0.1, 0.15) is 11.1 Å². The van der Waals surface area contributed by atoms with Gasteiger partial charge in [-0.15, -0.1) is 0 Å². The zero-order valence-electron chi connectivity index (χ0n) is 9.92. The molecule has 0 saturated heterocycles. The largest absolute Gasteiger partial charge is 0.337 e. The Morgan fingerprint density at radius 3 is 2.28 bits per heavy atom. The van der Waals surface area contributed by atoms with Gasteiger partial charge in [0.25, 0.3) is 0 Å². The highest BCUT2D eigenvalue weighted by molar-refractivity contribution is 6.31. The maximum atomic E-state index is 11.1. The van der Waals surface area contributed by atoms with Gasteiger partial charge in [0.2, 0.25) is 6.41 Å². The minimum Gasteiger partial charge on any atom is -0.337 e. The van der Waals surface area contributed by atoms with Crippen molar-refractivity contribution in [3.63, 3.8) is 0 Å². The van der Waals surface area contributed by atoms with Gasteiger partial charge in [-0.2, -0.15) is 0 Å². The van der Waals surface area contributed by atoms with E-state index < -0.39 is 0 Å². The fourth-order valence-electron chi connectivity index (χ4n) is 1.79. The highest BCUT2D eigenvalue weighted by Crippen LogP contribution is 2.17. The summed E-state index contributed by atoms with van der Waals surface area (Å²) in [5.74, 6) is 0. The Kier molecular flexibility index (Phi) is 4.37. The Bertz CT molecular complexity index is 513. The van der Waals surface area contributed by atoms with Gasteiger partial charge in [0.05, 0.1) is 0 Å². The van der Waals surface area contributed by atoms with Crippen LogP contribution < -0.4 is 0 Å². The van der Waals surface area contributed by atoms with Crippen molar-refractivity contribution in [2.45, 2.75) is 13.1 Å². The van der Waals surface area contributed by atoms with E-state index >= 15 is 0 Å². The molecule has 2 aromatic carbocycles. The van der Waals surface area contributed by atoms with E-state index in [1.807, 2.05) is 54.6 Å². The van der Waals surface area contributed by atoms with Gasteiger partial charge in [0, 0.05) is 18.1 Å². The fourth-order valence-corrected chi connectivity index (χ4v) is 1.99. The number of nitrogens with zero attached hydrogens (tertiary/aromatic N) is 1. The lowest BCUT2D eigenvalue weighted by molar-refractivity contribution is -0.119. The van der Waals surface area contributed by atoms with Crippen LogP contribution in [0.5, 0.6) is 0 Å². The number of carbonyl (C=O) groups is 1. The third-order valence-electron chi connectivity index (χ3n) is 2.71. The van der Waals surface area contributed by atoms with Crippen molar-refractivity contribution < 1.29 is 4.79 Å². The van der Waals surface area contributed by atoms with Gasteiger partial charge in [-0.1, -0.05) is 60.1 Å². The van der Waals surface area contributed by atoms with Crippen LogP contribution >= 0.6 is 11.6 Å². The fraction of sp³-hybridized carbons (Fsp3) is 0.133. The third kappa shape index (κ3) is 3.34. The van der Waals surface area contributed by atoms with Crippen molar-refractivity contribution in [1.29, 1.82) is 0 Å². The predicted octanol–water partition coefficient (Wildman–Crippen LogP) is 3.50. The van der Waals surface area contributed by atoms with Gasteiger partial charge < -0.3 is 4.90 Å². The summed E-state index contributed by atoms with van der Waals surface area (Å²) in [5.41, 5.74) is 2.07.